The van der Waals surface area contributed by atoms with Gasteiger partial charge in [0.15, 0.2) is 5.78 Å². The molecule has 5 heteroatoms. The van der Waals surface area contributed by atoms with E-state index in [1.54, 1.807) is 43.3 Å². The molecule has 0 saturated carbocycles. The summed E-state index contributed by atoms with van der Waals surface area (Å²) in [5.74, 6) is 0.137. The number of nitrogens with one attached hydrogen (secondary N) is 1. The van der Waals surface area contributed by atoms with Gasteiger partial charge in [0.1, 0.15) is 11.6 Å². The van der Waals surface area contributed by atoms with Crippen molar-refractivity contribution in [2.75, 3.05) is 12.8 Å². The molecule has 1 unspecified atom stereocenters. The Morgan fingerprint density at radius 1 is 1.32 bits per heavy atom. The second-order valence-corrected chi connectivity index (χ2v) is 5.01. The monoisotopic (exact) mass is 302 g/mol. The average molecular weight is 302 g/mol. The highest BCUT2D eigenvalue weighted by molar-refractivity contribution is 6.00. The molecule has 1 atom stereocenters. The van der Waals surface area contributed by atoms with E-state index < -0.39 is 6.04 Å². The molecule has 0 bridgehead atoms. The molecule has 0 saturated heterocycles. The summed E-state index contributed by atoms with van der Waals surface area (Å²) in [6.45, 7) is 2.02. The molecule has 4 nitrogen and oxygen atoms in total. The van der Waals surface area contributed by atoms with Gasteiger partial charge < -0.3 is 15.8 Å². The van der Waals surface area contributed by atoms with Crippen LogP contribution in [0.2, 0.25) is 0 Å². The molecule has 0 radical (unpaired) electrons. The number of benzene rings is 2. The number of hydrogen-bond acceptors (Lipinski definition) is 4. The van der Waals surface area contributed by atoms with Gasteiger partial charge in [-0.3, -0.25) is 4.79 Å². The zero-order valence-corrected chi connectivity index (χ0v) is 12.6. The number of halogens is 1. The van der Waals surface area contributed by atoms with Crippen LogP contribution in [0.15, 0.2) is 42.5 Å². The van der Waals surface area contributed by atoms with Gasteiger partial charge in [0.25, 0.3) is 0 Å². The van der Waals surface area contributed by atoms with Gasteiger partial charge in [-0.15, -0.1) is 0 Å². The number of nitrogen functional groups attached to an aromatic ring is 1. The van der Waals surface area contributed by atoms with Gasteiger partial charge in [-0.2, -0.15) is 0 Å². The second kappa shape index (κ2) is 7.04. The number of anilines is 1. The Balaban J connectivity index is 2.03. The SMILES string of the molecule is COc1ccc(C(=O)C(C)NCc2ccccc2F)cc1N. The lowest BCUT2D eigenvalue weighted by Crippen LogP contribution is -2.33. The molecule has 2 aromatic carbocycles. The van der Waals surface area contributed by atoms with Crippen molar-refractivity contribution in [2.24, 2.45) is 0 Å². The first kappa shape index (κ1) is 16.0. The Kier molecular flexibility index (Phi) is 5.12. The fraction of sp³-hybridized carbons (Fsp3) is 0.235. The fourth-order valence-electron chi connectivity index (χ4n) is 2.14. The van der Waals surface area contributed by atoms with Crippen LogP contribution in [-0.4, -0.2) is 18.9 Å². The Bertz CT molecular complexity index is 673. The van der Waals surface area contributed by atoms with E-state index in [2.05, 4.69) is 5.32 Å². The van der Waals surface area contributed by atoms with Gasteiger partial charge >= 0.3 is 0 Å². The lowest BCUT2D eigenvalue weighted by Gasteiger charge is -2.14. The van der Waals surface area contributed by atoms with E-state index >= 15 is 0 Å². The zero-order valence-electron chi connectivity index (χ0n) is 12.6. The summed E-state index contributed by atoms with van der Waals surface area (Å²) in [5, 5.41) is 3.02. The van der Waals surface area contributed by atoms with Gasteiger partial charge in [0.05, 0.1) is 18.8 Å². The predicted octanol–water partition coefficient (Wildman–Crippen LogP) is 2.78. The number of carbonyl (C=O) groups is 1. The van der Waals surface area contributed by atoms with Crippen molar-refractivity contribution in [3.8, 4) is 5.75 Å². The van der Waals surface area contributed by atoms with Crippen molar-refractivity contribution in [1.82, 2.24) is 5.32 Å². The van der Waals surface area contributed by atoms with Crippen molar-refractivity contribution in [1.29, 1.82) is 0 Å². The second-order valence-electron chi connectivity index (χ2n) is 5.01. The minimum Gasteiger partial charge on any atom is -0.495 e. The van der Waals surface area contributed by atoms with Crippen LogP contribution >= 0.6 is 0 Å². The third kappa shape index (κ3) is 3.62. The van der Waals surface area contributed by atoms with Crippen molar-refractivity contribution in [3.63, 3.8) is 0 Å². The summed E-state index contributed by atoms with van der Waals surface area (Å²) in [5.41, 5.74) is 7.24. The maximum Gasteiger partial charge on any atom is 0.179 e. The van der Waals surface area contributed by atoms with E-state index in [9.17, 15) is 9.18 Å². The van der Waals surface area contributed by atoms with E-state index in [0.717, 1.165) is 0 Å². The van der Waals surface area contributed by atoms with Gasteiger partial charge in [-0.25, -0.2) is 4.39 Å². The molecule has 0 aliphatic rings. The quantitative estimate of drug-likeness (QED) is 0.636. The number of ketones is 1. The minimum absolute atomic E-state index is 0.106. The van der Waals surface area contributed by atoms with E-state index in [1.165, 1.54) is 13.2 Å². The van der Waals surface area contributed by atoms with Crippen LogP contribution in [0.25, 0.3) is 0 Å². The molecule has 116 valence electrons. The van der Waals surface area contributed by atoms with E-state index in [1.807, 2.05) is 0 Å². The highest BCUT2D eigenvalue weighted by Gasteiger charge is 2.16. The first-order valence-corrected chi connectivity index (χ1v) is 6.97. The lowest BCUT2D eigenvalue weighted by molar-refractivity contribution is 0.0950. The van der Waals surface area contributed by atoms with E-state index in [0.29, 0.717) is 22.6 Å². The Morgan fingerprint density at radius 3 is 2.68 bits per heavy atom. The van der Waals surface area contributed by atoms with Crippen LogP contribution < -0.4 is 15.8 Å². The normalized spacial score (nSPS) is 12.0. The maximum atomic E-state index is 13.5. The van der Waals surface area contributed by atoms with Gasteiger partial charge in [0.2, 0.25) is 0 Å². The molecule has 3 N–H and O–H groups in total. The molecule has 2 rings (SSSR count). The molecule has 0 fully saturated rings. The third-order valence-electron chi connectivity index (χ3n) is 3.46. The van der Waals surface area contributed by atoms with Crippen LogP contribution in [0.5, 0.6) is 5.75 Å². The summed E-state index contributed by atoms with van der Waals surface area (Å²) in [6.07, 6.45) is 0. The van der Waals surface area contributed by atoms with Crippen LogP contribution in [0.1, 0.15) is 22.8 Å². The zero-order chi connectivity index (χ0) is 16.1. The fourth-order valence-corrected chi connectivity index (χ4v) is 2.14. The molecule has 0 aliphatic carbocycles. The third-order valence-corrected chi connectivity index (χ3v) is 3.46. The number of carbonyl (C=O) groups excluding carboxylic acids is 1. The van der Waals surface area contributed by atoms with E-state index in [4.69, 9.17) is 10.5 Å². The maximum absolute atomic E-state index is 13.5. The number of ether oxygens (including phenoxy) is 1. The van der Waals surface area contributed by atoms with Crippen LogP contribution in [0.3, 0.4) is 0 Å². The molecular formula is C17H19FN2O2. The molecule has 22 heavy (non-hydrogen) atoms. The standard InChI is InChI=1S/C17H19FN2O2/c1-11(20-10-13-5-3-4-6-14(13)18)17(21)12-7-8-16(22-2)15(19)9-12/h3-9,11,20H,10,19H2,1-2H3. The van der Waals surface area contributed by atoms with Crippen molar-refractivity contribution < 1.29 is 13.9 Å². The van der Waals surface area contributed by atoms with Crippen LogP contribution in [0.4, 0.5) is 10.1 Å². The summed E-state index contributed by atoms with van der Waals surface area (Å²) in [7, 11) is 1.52. The van der Waals surface area contributed by atoms with Crippen molar-refractivity contribution in [3.05, 3.63) is 59.4 Å². The number of methoxy groups -OCH3 is 1. The number of Topliss-reactive ketones (excluding diaryl/α,β-unsaturated/α-hetero) is 1. The molecule has 0 aromatic heterocycles. The Morgan fingerprint density at radius 2 is 2.05 bits per heavy atom. The lowest BCUT2D eigenvalue weighted by atomic mass is 10.0. The molecule has 0 amide bonds. The Hall–Kier alpha value is -2.40. The number of hydrogen-bond donors (Lipinski definition) is 2. The first-order chi connectivity index (χ1) is 10.5. The van der Waals surface area contributed by atoms with E-state index in [-0.39, 0.29) is 18.1 Å². The average Bonchev–Trinajstić information content (AvgIpc) is 2.53. The Labute approximate surface area is 129 Å². The van der Waals surface area contributed by atoms with Crippen LogP contribution in [-0.2, 0) is 6.54 Å². The summed E-state index contributed by atoms with van der Waals surface area (Å²) >= 11 is 0. The van der Waals surface area contributed by atoms with Crippen LogP contribution in [0, 0.1) is 5.82 Å². The highest BCUT2D eigenvalue weighted by Crippen LogP contribution is 2.22. The molecule has 2 aromatic rings. The van der Waals surface area contributed by atoms with Gasteiger partial charge in [0, 0.05) is 17.7 Å². The highest BCUT2D eigenvalue weighted by atomic mass is 19.1. The summed E-state index contributed by atoms with van der Waals surface area (Å²) in [4.78, 5) is 12.4. The largest absolute Gasteiger partial charge is 0.495 e. The molecule has 0 spiro atoms. The smallest absolute Gasteiger partial charge is 0.179 e. The predicted molar refractivity (Wildman–Crippen MR) is 84.4 cm³/mol. The molecule has 0 heterocycles. The van der Waals surface area contributed by atoms with Gasteiger partial charge in [-0.05, 0) is 31.2 Å². The molecular weight excluding hydrogens is 283 g/mol. The number of rotatable bonds is 6. The minimum atomic E-state index is -0.451. The summed E-state index contributed by atoms with van der Waals surface area (Å²) in [6, 6.07) is 10.9. The van der Waals surface area contributed by atoms with Crippen molar-refractivity contribution >= 4 is 11.5 Å². The topological polar surface area (TPSA) is 64.3 Å². The molecule has 0 aliphatic heterocycles. The van der Waals surface area contributed by atoms with Crippen molar-refractivity contribution in [2.45, 2.75) is 19.5 Å². The first-order valence-electron chi connectivity index (χ1n) is 6.97. The summed E-state index contributed by atoms with van der Waals surface area (Å²) < 4.78 is 18.6. The number of nitrogens with two attached hydrogens (primary N) is 1. The van der Waals surface area contributed by atoms with Gasteiger partial charge in [-0.1, -0.05) is 18.2 Å².